The highest BCUT2D eigenvalue weighted by Gasteiger charge is 2.27. The van der Waals surface area contributed by atoms with Crippen molar-refractivity contribution in [1.82, 2.24) is 4.31 Å². The minimum Gasteiger partial charge on any atom is -0.379 e. The fourth-order valence-electron chi connectivity index (χ4n) is 2.96. The van der Waals surface area contributed by atoms with Crippen LogP contribution in [0.1, 0.15) is 27.0 Å². The molecule has 3 rings (SSSR count). The molecule has 0 bridgehead atoms. The Bertz CT molecular complexity index is 964. The van der Waals surface area contributed by atoms with E-state index in [1.807, 2.05) is 32.0 Å². The summed E-state index contributed by atoms with van der Waals surface area (Å²) in [7, 11) is -3.65. The quantitative estimate of drug-likeness (QED) is 0.874. The molecule has 2 aromatic carbocycles. The second-order valence-electron chi connectivity index (χ2n) is 6.75. The van der Waals surface area contributed by atoms with E-state index in [1.165, 1.54) is 10.4 Å². The molecule has 0 unspecified atom stereocenters. The summed E-state index contributed by atoms with van der Waals surface area (Å²) >= 11 is 0. The van der Waals surface area contributed by atoms with Crippen LogP contribution in [0.25, 0.3) is 0 Å². The normalized spacial score (nSPS) is 15.5. The van der Waals surface area contributed by atoms with Gasteiger partial charge in [0.1, 0.15) is 0 Å². The van der Waals surface area contributed by atoms with Crippen molar-refractivity contribution in [3.05, 3.63) is 58.7 Å². The number of hydrogen-bond donors (Lipinski definition) is 1. The Kier molecular flexibility index (Phi) is 5.64. The van der Waals surface area contributed by atoms with E-state index in [0.717, 1.165) is 16.7 Å². The van der Waals surface area contributed by atoms with Gasteiger partial charge in [-0.3, -0.25) is 4.79 Å². The van der Waals surface area contributed by atoms with E-state index in [9.17, 15) is 13.2 Å². The van der Waals surface area contributed by atoms with Crippen LogP contribution < -0.4 is 5.32 Å². The van der Waals surface area contributed by atoms with E-state index in [-0.39, 0.29) is 10.8 Å². The number of morpholine rings is 1. The van der Waals surface area contributed by atoms with E-state index in [0.29, 0.717) is 37.6 Å². The number of nitrogens with one attached hydrogen (secondary N) is 1. The second-order valence-corrected chi connectivity index (χ2v) is 8.68. The molecule has 1 N–H and O–H groups in total. The van der Waals surface area contributed by atoms with Crippen LogP contribution in [-0.4, -0.2) is 44.9 Å². The number of ether oxygens (including phenoxy) is 1. The molecule has 7 heteroatoms. The lowest BCUT2D eigenvalue weighted by atomic mass is 10.1. The maximum atomic E-state index is 12.9. The topological polar surface area (TPSA) is 75.7 Å². The van der Waals surface area contributed by atoms with E-state index in [1.54, 1.807) is 19.1 Å². The second kappa shape index (κ2) is 7.80. The summed E-state index contributed by atoms with van der Waals surface area (Å²) in [5, 5.41) is 2.86. The molecule has 1 fully saturated rings. The molecule has 1 aliphatic rings. The molecule has 0 atom stereocenters. The van der Waals surface area contributed by atoms with Crippen molar-refractivity contribution in [2.24, 2.45) is 0 Å². The van der Waals surface area contributed by atoms with E-state index >= 15 is 0 Å². The van der Waals surface area contributed by atoms with Crippen LogP contribution in [0.15, 0.2) is 41.3 Å². The van der Waals surface area contributed by atoms with Crippen molar-refractivity contribution in [2.75, 3.05) is 31.6 Å². The van der Waals surface area contributed by atoms with Gasteiger partial charge in [0.25, 0.3) is 5.91 Å². The van der Waals surface area contributed by atoms with Crippen molar-refractivity contribution in [2.45, 2.75) is 25.7 Å². The Hall–Kier alpha value is -2.22. The van der Waals surface area contributed by atoms with Gasteiger partial charge in [0, 0.05) is 24.3 Å². The van der Waals surface area contributed by atoms with Gasteiger partial charge in [-0.25, -0.2) is 8.42 Å². The fraction of sp³-hybridized carbons (Fsp3) is 0.350. The number of carbonyl (C=O) groups is 1. The van der Waals surface area contributed by atoms with Crippen LogP contribution in [0.2, 0.25) is 0 Å². The lowest BCUT2D eigenvalue weighted by Gasteiger charge is -2.26. The molecule has 0 aliphatic carbocycles. The molecule has 2 aromatic rings. The van der Waals surface area contributed by atoms with E-state index in [4.69, 9.17) is 4.74 Å². The summed E-state index contributed by atoms with van der Waals surface area (Å²) in [4.78, 5) is 12.9. The first-order chi connectivity index (χ1) is 12.8. The van der Waals surface area contributed by atoms with Crippen LogP contribution in [0.3, 0.4) is 0 Å². The Balaban J connectivity index is 1.88. The van der Waals surface area contributed by atoms with Crippen LogP contribution in [-0.2, 0) is 14.8 Å². The molecule has 1 amide bonds. The predicted molar refractivity (Wildman–Crippen MR) is 105 cm³/mol. The van der Waals surface area contributed by atoms with E-state index in [2.05, 4.69) is 5.32 Å². The summed E-state index contributed by atoms with van der Waals surface area (Å²) in [6, 6.07) is 10.4. The van der Waals surface area contributed by atoms with Crippen LogP contribution in [0.4, 0.5) is 5.69 Å². The van der Waals surface area contributed by atoms with Crippen molar-refractivity contribution in [1.29, 1.82) is 0 Å². The molecule has 1 saturated heterocycles. The highest BCUT2D eigenvalue weighted by molar-refractivity contribution is 7.89. The van der Waals surface area contributed by atoms with Crippen LogP contribution in [0, 0.1) is 20.8 Å². The lowest BCUT2D eigenvalue weighted by Crippen LogP contribution is -2.40. The largest absolute Gasteiger partial charge is 0.379 e. The SMILES string of the molecule is Cc1ccc(NC(=O)c2cc(S(=O)(=O)N3CCOCC3)ccc2C)cc1C. The molecule has 1 heterocycles. The standard InChI is InChI=1S/C20H24N2O4S/c1-14-4-6-17(12-16(14)3)21-20(23)19-13-18(7-5-15(19)2)27(24,25)22-8-10-26-11-9-22/h4-7,12-13H,8-11H2,1-3H3,(H,21,23). The molecule has 0 aromatic heterocycles. The molecular formula is C20H24N2O4S. The average Bonchev–Trinajstić information content (AvgIpc) is 2.65. The van der Waals surface area contributed by atoms with Crippen molar-refractivity contribution < 1.29 is 17.9 Å². The minimum absolute atomic E-state index is 0.125. The summed E-state index contributed by atoms with van der Waals surface area (Å²) in [5.41, 5.74) is 3.97. The first-order valence-corrected chi connectivity index (χ1v) is 10.3. The third-order valence-electron chi connectivity index (χ3n) is 4.83. The molecular weight excluding hydrogens is 364 g/mol. The zero-order valence-corrected chi connectivity index (χ0v) is 16.6. The molecule has 0 spiro atoms. The Morgan fingerprint density at radius 2 is 1.63 bits per heavy atom. The van der Waals surface area contributed by atoms with Gasteiger partial charge in [0.05, 0.1) is 18.1 Å². The Morgan fingerprint density at radius 3 is 2.30 bits per heavy atom. The third kappa shape index (κ3) is 4.21. The highest BCUT2D eigenvalue weighted by Crippen LogP contribution is 2.22. The third-order valence-corrected chi connectivity index (χ3v) is 6.72. The zero-order chi connectivity index (χ0) is 19.6. The number of sulfonamides is 1. The molecule has 0 radical (unpaired) electrons. The van der Waals surface area contributed by atoms with Gasteiger partial charge in [-0.15, -0.1) is 0 Å². The Labute approximate surface area is 160 Å². The highest BCUT2D eigenvalue weighted by atomic mass is 32.2. The number of aryl methyl sites for hydroxylation is 3. The number of carbonyl (C=O) groups excluding carboxylic acids is 1. The van der Waals surface area contributed by atoms with Crippen molar-refractivity contribution in [3.63, 3.8) is 0 Å². The molecule has 27 heavy (non-hydrogen) atoms. The predicted octanol–water partition coefficient (Wildman–Crippen LogP) is 2.89. The summed E-state index contributed by atoms with van der Waals surface area (Å²) in [6.07, 6.45) is 0. The first-order valence-electron chi connectivity index (χ1n) is 8.86. The van der Waals surface area contributed by atoms with Crippen LogP contribution in [0.5, 0.6) is 0 Å². The molecule has 6 nitrogen and oxygen atoms in total. The summed E-state index contributed by atoms with van der Waals surface area (Å²) < 4.78 is 32.3. The van der Waals surface area contributed by atoms with Gasteiger partial charge in [-0.2, -0.15) is 4.31 Å². The Morgan fingerprint density at radius 1 is 0.963 bits per heavy atom. The van der Waals surface area contributed by atoms with Crippen molar-refractivity contribution in [3.8, 4) is 0 Å². The van der Waals surface area contributed by atoms with Gasteiger partial charge in [0.2, 0.25) is 10.0 Å². The smallest absolute Gasteiger partial charge is 0.255 e. The van der Waals surface area contributed by atoms with Crippen molar-refractivity contribution >= 4 is 21.6 Å². The maximum absolute atomic E-state index is 12.9. The number of benzene rings is 2. The zero-order valence-electron chi connectivity index (χ0n) is 15.8. The fourth-order valence-corrected chi connectivity index (χ4v) is 4.39. The van der Waals surface area contributed by atoms with E-state index < -0.39 is 10.0 Å². The summed E-state index contributed by atoms with van der Waals surface area (Å²) in [6.45, 7) is 7.18. The van der Waals surface area contributed by atoms with Gasteiger partial charge >= 0.3 is 0 Å². The van der Waals surface area contributed by atoms with Crippen LogP contribution >= 0.6 is 0 Å². The molecule has 144 valence electrons. The summed E-state index contributed by atoms with van der Waals surface area (Å²) in [5.74, 6) is -0.324. The first kappa shape index (κ1) is 19.5. The number of nitrogens with zero attached hydrogens (tertiary/aromatic N) is 1. The number of rotatable bonds is 4. The number of amides is 1. The maximum Gasteiger partial charge on any atom is 0.255 e. The van der Waals surface area contributed by atoms with Gasteiger partial charge in [0.15, 0.2) is 0 Å². The van der Waals surface area contributed by atoms with Gasteiger partial charge in [-0.1, -0.05) is 12.1 Å². The minimum atomic E-state index is -3.65. The number of hydrogen-bond acceptors (Lipinski definition) is 4. The monoisotopic (exact) mass is 388 g/mol. The number of anilines is 1. The van der Waals surface area contributed by atoms with Gasteiger partial charge < -0.3 is 10.1 Å². The lowest BCUT2D eigenvalue weighted by molar-refractivity contribution is 0.0730. The molecule has 1 aliphatic heterocycles. The molecule has 0 saturated carbocycles. The van der Waals surface area contributed by atoms with Gasteiger partial charge in [-0.05, 0) is 61.7 Å². The average molecular weight is 388 g/mol.